The molecule has 2 aromatic carbocycles. The Hall–Kier alpha value is -3.69. The molecule has 190 valence electrons. The first-order valence-corrected chi connectivity index (χ1v) is 12.7. The van der Waals surface area contributed by atoms with Crippen molar-refractivity contribution in [1.29, 1.82) is 0 Å². The smallest absolute Gasteiger partial charge is 0.340 e. The van der Waals surface area contributed by atoms with E-state index in [4.69, 9.17) is 26.1 Å². The van der Waals surface area contributed by atoms with E-state index < -0.39 is 24.1 Å². The highest BCUT2D eigenvalue weighted by Gasteiger charge is 2.32. The second kappa shape index (κ2) is 11.1. The van der Waals surface area contributed by atoms with Crippen LogP contribution >= 0.6 is 24.0 Å². The Morgan fingerprint density at radius 1 is 1.00 bits per heavy atom. The molecule has 0 bridgehead atoms. The minimum atomic E-state index is -0.678. The van der Waals surface area contributed by atoms with E-state index in [0.29, 0.717) is 32.9 Å². The third kappa shape index (κ3) is 6.55. The molecule has 2 heterocycles. The standard InChI is InChI=1S/C28H25NO6S2/c1-28(2,3)26(32)34-17-33-25(31)20-11-9-19(10-12-20)22-14-13-21(35-22)15-23-24(30)29(27(36)37-23)16-18-7-5-4-6-8-18/h4-15H,16-17H2,1-3H3/b23-15+. The number of hydrogen-bond acceptors (Lipinski definition) is 8. The topological polar surface area (TPSA) is 86.0 Å². The van der Waals surface area contributed by atoms with Crippen molar-refractivity contribution >= 4 is 52.2 Å². The molecule has 0 radical (unpaired) electrons. The van der Waals surface area contributed by atoms with Crippen molar-refractivity contribution < 1.29 is 28.3 Å². The molecular weight excluding hydrogens is 510 g/mol. The molecule has 7 nitrogen and oxygen atoms in total. The van der Waals surface area contributed by atoms with Gasteiger partial charge in [0.15, 0.2) is 0 Å². The van der Waals surface area contributed by atoms with Gasteiger partial charge in [0.25, 0.3) is 5.91 Å². The maximum absolute atomic E-state index is 12.9. The van der Waals surface area contributed by atoms with Crippen LogP contribution in [0.5, 0.6) is 0 Å². The summed E-state index contributed by atoms with van der Waals surface area (Å²) in [6.07, 6.45) is 1.68. The molecule has 0 aliphatic carbocycles. The van der Waals surface area contributed by atoms with Crippen LogP contribution in [-0.2, 0) is 25.6 Å². The predicted molar refractivity (Wildman–Crippen MR) is 145 cm³/mol. The zero-order valence-corrected chi connectivity index (χ0v) is 22.2. The summed E-state index contributed by atoms with van der Waals surface area (Å²) in [5.74, 6) is -0.133. The van der Waals surface area contributed by atoms with Crippen LogP contribution in [0.4, 0.5) is 0 Å². The zero-order valence-electron chi connectivity index (χ0n) is 20.6. The number of thioether (sulfide) groups is 1. The Balaban J connectivity index is 1.37. The summed E-state index contributed by atoms with van der Waals surface area (Å²) < 4.78 is 16.4. The second-order valence-electron chi connectivity index (χ2n) is 9.26. The van der Waals surface area contributed by atoms with Gasteiger partial charge in [0.1, 0.15) is 15.8 Å². The number of nitrogens with zero attached hydrogens (tertiary/aromatic N) is 1. The fourth-order valence-corrected chi connectivity index (χ4v) is 4.56. The van der Waals surface area contributed by atoms with Crippen molar-refractivity contribution in [3.05, 3.63) is 88.5 Å². The third-order valence-corrected chi connectivity index (χ3v) is 6.73. The Labute approximate surface area is 224 Å². The van der Waals surface area contributed by atoms with Crippen LogP contribution in [0.15, 0.2) is 76.1 Å². The number of ether oxygens (including phenoxy) is 2. The van der Waals surface area contributed by atoms with Gasteiger partial charge >= 0.3 is 11.9 Å². The molecule has 1 aromatic heterocycles. The summed E-state index contributed by atoms with van der Waals surface area (Å²) in [5.41, 5.74) is 1.37. The molecule has 9 heteroatoms. The van der Waals surface area contributed by atoms with Crippen molar-refractivity contribution in [2.45, 2.75) is 27.3 Å². The van der Waals surface area contributed by atoms with E-state index in [1.165, 1.54) is 11.8 Å². The average molecular weight is 536 g/mol. The fraction of sp³-hybridized carbons (Fsp3) is 0.214. The molecule has 1 aliphatic heterocycles. The number of esters is 2. The van der Waals surface area contributed by atoms with E-state index in [-0.39, 0.29) is 5.91 Å². The van der Waals surface area contributed by atoms with Gasteiger partial charge in [-0.15, -0.1) is 0 Å². The van der Waals surface area contributed by atoms with Gasteiger partial charge in [-0.3, -0.25) is 14.5 Å². The van der Waals surface area contributed by atoms with E-state index in [1.807, 2.05) is 30.3 Å². The lowest BCUT2D eigenvalue weighted by Crippen LogP contribution is -2.27. The van der Waals surface area contributed by atoms with E-state index in [0.717, 1.165) is 11.1 Å². The molecule has 0 saturated carbocycles. The normalized spacial score (nSPS) is 14.8. The quantitative estimate of drug-likeness (QED) is 0.156. The van der Waals surface area contributed by atoms with Crippen LogP contribution in [0.1, 0.15) is 42.5 Å². The van der Waals surface area contributed by atoms with Crippen LogP contribution in [-0.4, -0.2) is 33.9 Å². The van der Waals surface area contributed by atoms with Gasteiger partial charge in [-0.1, -0.05) is 66.4 Å². The van der Waals surface area contributed by atoms with Crippen molar-refractivity contribution in [2.24, 2.45) is 5.41 Å². The van der Waals surface area contributed by atoms with Gasteiger partial charge < -0.3 is 13.9 Å². The molecule has 1 saturated heterocycles. The van der Waals surface area contributed by atoms with Gasteiger partial charge in [0, 0.05) is 11.6 Å². The molecule has 1 fully saturated rings. The Kier molecular flexibility index (Phi) is 7.94. The monoisotopic (exact) mass is 535 g/mol. The first-order valence-electron chi connectivity index (χ1n) is 11.5. The molecule has 0 unspecified atom stereocenters. The highest BCUT2D eigenvalue weighted by molar-refractivity contribution is 8.26. The summed E-state index contributed by atoms with van der Waals surface area (Å²) >= 11 is 6.66. The number of carbonyl (C=O) groups excluding carboxylic acids is 3. The molecule has 3 aromatic rings. The molecule has 4 rings (SSSR count). The van der Waals surface area contributed by atoms with Crippen molar-refractivity contribution in [2.75, 3.05) is 6.79 Å². The Morgan fingerprint density at radius 3 is 2.38 bits per heavy atom. The van der Waals surface area contributed by atoms with Crippen LogP contribution in [0.2, 0.25) is 0 Å². The fourth-order valence-electron chi connectivity index (χ4n) is 3.32. The SMILES string of the molecule is CC(C)(C)C(=O)OCOC(=O)c1ccc(-c2ccc(/C=C3/SC(=S)N(Cc4ccccc4)C3=O)o2)cc1. The van der Waals surface area contributed by atoms with Gasteiger partial charge in [0.2, 0.25) is 6.79 Å². The largest absolute Gasteiger partial charge is 0.457 e. The average Bonchev–Trinajstić information content (AvgIpc) is 3.44. The van der Waals surface area contributed by atoms with Crippen molar-refractivity contribution in [3.63, 3.8) is 0 Å². The highest BCUT2D eigenvalue weighted by atomic mass is 32.2. The van der Waals surface area contributed by atoms with Gasteiger partial charge in [-0.25, -0.2) is 4.79 Å². The van der Waals surface area contributed by atoms with Crippen molar-refractivity contribution in [3.8, 4) is 11.3 Å². The number of carbonyl (C=O) groups is 3. The summed E-state index contributed by atoms with van der Waals surface area (Å²) in [4.78, 5) is 39.0. The molecule has 37 heavy (non-hydrogen) atoms. The lowest BCUT2D eigenvalue weighted by molar-refractivity contribution is -0.161. The van der Waals surface area contributed by atoms with Crippen LogP contribution < -0.4 is 0 Å². The van der Waals surface area contributed by atoms with Crippen LogP contribution in [0, 0.1) is 5.41 Å². The number of amides is 1. The van der Waals surface area contributed by atoms with E-state index in [1.54, 1.807) is 68.1 Å². The number of rotatable bonds is 7. The number of benzene rings is 2. The van der Waals surface area contributed by atoms with Crippen molar-refractivity contribution in [1.82, 2.24) is 4.90 Å². The molecule has 0 spiro atoms. The summed E-state index contributed by atoms with van der Waals surface area (Å²) in [6.45, 7) is 5.11. The first-order chi connectivity index (χ1) is 17.6. The molecular formula is C28H25NO6S2. The van der Waals surface area contributed by atoms with Gasteiger partial charge in [0.05, 0.1) is 22.4 Å². The van der Waals surface area contributed by atoms with E-state index in [2.05, 4.69) is 0 Å². The second-order valence-corrected chi connectivity index (χ2v) is 10.9. The maximum Gasteiger partial charge on any atom is 0.340 e. The number of hydrogen-bond donors (Lipinski definition) is 0. The Bertz CT molecular complexity index is 1350. The summed E-state index contributed by atoms with van der Waals surface area (Å²) in [6, 6.07) is 19.9. The number of furan rings is 1. The van der Waals surface area contributed by atoms with Crippen LogP contribution in [0.25, 0.3) is 17.4 Å². The molecule has 0 N–H and O–H groups in total. The Morgan fingerprint density at radius 2 is 1.70 bits per heavy atom. The summed E-state index contributed by atoms with van der Waals surface area (Å²) in [5, 5.41) is 0. The van der Waals surface area contributed by atoms with Gasteiger partial charge in [-0.05, 0) is 50.6 Å². The summed E-state index contributed by atoms with van der Waals surface area (Å²) in [7, 11) is 0. The third-order valence-electron chi connectivity index (χ3n) is 5.35. The predicted octanol–water partition coefficient (Wildman–Crippen LogP) is 6.05. The number of thiocarbonyl (C=S) groups is 1. The first kappa shape index (κ1) is 26.4. The lowest BCUT2D eigenvalue weighted by Gasteiger charge is -2.16. The minimum Gasteiger partial charge on any atom is -0.457 e. The van der Waals surface area contributed by atoms with Gasteiger partial charge in [-0.2, -0.15) is 0 Å². The van der Waals surface area contributed by atoms with E-state index >= 15 is 0 Å². The van der Waals surface area contributed by atoms with Crippen LogP contribution in [0.3, 0.4) is 0 Å². The lowest BCUT2D eigenvalue weighted by atomic mass is 9.98. The zero-order chi connectivity index (χ0) is 26.6. The van der Waals surface area contributed by atoms with E-state index in [9.17, 15) is 14.4 Å². The minimum absolute atomic E-state index is 0.159. The highest BCUT2D eigenvalue weighted by Crippen LogP contribution is 2.34. The molecule has 1 amide bonds. The molecule has 0 atom stereocenters. The molecule has 1 aliphatic rings. The maximum atomic E-state index is 12.9.